The van der Waals surface area contributed by atoms with E-state index in [1.807, 2.05) is 49.4 Å². The van der Waals surface area contributed by atoms with Crippen LogP contribution in [0.3, 0.4) is 0 Å². The van der Waals surface area contributed by atoms with Gasteiger partial charge >= 0.3 is 6.09 Å². The van der Waals surface area contributed by atoms with Gasteiger partial charge in [-0.3, -0.25) is 5.32 Å². The van der Waals surface area contributed by atoms with Gasteiger partial charge in [-0.25, -0.2) is 9.68 Å². The molecule has 9 heteroatoms. The monoisotopic (exact) mass is 507 g/mol. The Morgan fingerprint density at radius 3 is 2.61 bits per heavy atom. The van der Waals surface area contributed by atoms with Crippen molar-refractivity contribution in [1.82, 2.24) is 4.57 Å². The van der Waals surface area contributed by atoms with Crippen molar-refractivity contribution in [3.8, 4) is 23.1 Å². The minimum absolute atomic E-state index is 0.0689. The third kappa shape index (κ3) is 5.16. The first-order chi connectivity index (χ1) is 17.6. The molecule has 8 nitrogen and oxygen atoms in total. The predicted octanol–water partition coefficient (Wildman–Crippen LogP) is 6.81. The van der Waals surface area contributed by atoms with Crippen LogP contribution in [0, 0.1) is 17.2 Å². The minimum Gasteiger partial charge on any atom is -0.480 e. The Morgan fingerprint density at radius 2 is 1.97 bits per heavy atom. The van der Waals surface area contributed by atoms with Crippen LogP contribution in [-0.2, 0) is 14.0 Å². The lowest BCUT2D eigenvalue weighted by Gasteiger charge is -2.30. The van der Waals surface area contributed by atoms with E-state index >= 15 is 0 Å². The highest BCUT2D eigenvalue weighted by atomic mass is 32.2. The number of carbonyl (C=O) groups is 1. The summed E-state index contributed by atoms with van der Waals surface area (Å²) in [6.45, 7) is 1.94. The summed E-state index contributed by atoms with van der Waals surface area (Å²) < 4.78 is 18.3. The summed E-state index contributed by atoms with van der Waals surface area (Å²) >= 11 is 1.06. The van der Waals surface area contributed by atoms with Crippen molar-refractivity contribution in [3.05, 3.63) is 48.0 Å². The van der Waals surface area contributed by atoms with Crippen LogP contribution in [-0.4, -0.2) is 29.8 Å². The second-order valence-corrected chi connectivity index (χ2v) is 9.84. The Balaban J connectivity index is 1.43. The van der Waals surface area contributed by atoms with E-state index in [0.29, 0.717) is 29.0 Å². The van der Waals surface area contributed by atoms with Crippen molar-refractivity contribution in [1.29, 1.82) is 5.26 Å². The summed E-state index contributed by atoms with van der Waals surface area (Å²) in [7, 11) is 1.44. The first kappa shape index (κ1) is 24.5. The number of carbonyl (C=O) groups excluding carboxylic acids is 1. The summed E-state index contributed by atoms with van der Waals surface area (Å²) in [4.78, 5) is 16.8. The van der Waals surface area contributed by atoms with Gasteiger partial charge in [0.1, 0.15) is 17.9 Å². The molecule has 0 unspecified atom stereocenters. The number of anilines is 1. The lowest BCUT2D eigenvalue weighted by atomic mass is 9.92. The number of nitriles is 1. The smallest absolute Gasteiger partial charge is 0.411 e. The zero-order valence-electron chi connectivity index (χ0n) is 20.4. The summed E-state index contributed by atoms with van der Waals surface area (Å²) in [5.74, 6) is 1.46. The molecule has 2 aliphatic carbocycles. The number of hydrogen-bond acceptors (Lipinski definition) is 7. The van der Waals surface area contributed by atoms with E-state index in [1.165, 1.54) is 7.11 Å². The van der Waals surface area contributed by atoms with E-state index in [0.717, 1.165) is 66.3 Å². The first-order valence-corrected chi connectivity index (χ1v) is 13.1. The van der Waals surface area contributed by atoms with Crippen molar-refractivity contribution in [2.24, 2.45) is 5.92 Å². The van der Waals surface area contributed by atoms with Crippen LogP contribution in [0.2, 0.25) is 0 Å². The maximum absolute atomic E-state index is 12.3. The zero-order valence-corrected chi connectivity index (χ0v) is 21.2. The molecule has 2 aliphatic rings. The van der Waals surface area contributed by atoms with Gasteiger partial charge in [-0.1, -0.05) is 12.1 Å². The molecule has 0 saturated heterocycles. The number of benzene rings is 2. The number of hydrogen-bond donors (Lipinski definition) is 1. The van der Waals surface area contributed by atoms with E-state index in [1.54, 1.807) is 0 Å². The molecule has 0 bridgehead atoms. The Labute approximate surface area is 214 Å². The standard InChI is InChI=1S/C27H29N3O5S/c1-17(18-6-7-18)34-27(31)29-20-10-8-19(9-11-20)26-24(15-28)23-13-12-22(33-16-36-35-32-2)14-25(23)30(26)21-4-3-5-21/h8-14,17-18,21H,3-7,16H2,1-2H3,(H,29,31)/t17-/m1/s1. The molecule has 0 radical (unpaired) electrons. The van der Waals surface area contributed by atoms with Crippen molar-refractivity contribution in [3.63, 3.8) is 0 Å². The van der Waals surface area contributed by atoms with Crippen molar-refractivity contribution in [2.45, 2.75) is 51.2 Å². The second kappa shape index (κ2) is 10.8. The molecular weight excluding hydrogens is 478 g/mol. The number of fused-ring (bicyclic) bond motifs is 1. The molecule has 0 spiro atoms. The molecule has 0 aliphatic heterocycles. The van der Waals surface area contributed by atoms with Gasteiger partial charge in [-0.15, -0.1) is 0 Å². The highest BCUT2D eigenvalue weighted by Crippen LogP contribution is 2.43. The fraction of sp³-hybridized carbons (Fsp3) is 0.407. The van der Waals surface area contributed by atoms with Crippen molar-refractivity contribution < 1.29 is 23.5 Å². The number of nitrogens with one attached hydrogen (secondary N) is 1. The quantitative estimate of drug-likeness (QED) is 0.106. The molecule has 188 valence electrons. The average Bonchev–Trinajstić information content (AvgIpc) is 3.65. The van der Waals surface area contributed by atoms with Crippen LogP contribution >= 0.6 is 12.0 Å². The van der Waals surface area contributed by atoms with Gasteiger partial charge in [-0.2, -0.15) is 9.60 Å². The number of nitrogens with zero attached hydrogens (tertiary/aromatic N) is 2. The molecule has 1 amide bonds. The Bertz CT molecular complexity index is 1280. The van der Waals surface area contributed by atoms with Crippen LogP contribution in [0.25, 0.3) is 22.2 Å². The van der Waals surface area contributed by atoms with Crippen molar-refractivity contribution >= 4 is 34.7 Å². The fourth-order valence-electron chi connectivity index (χ4n) is 4.65. The summed E-state index contributed by atoms with van der Waals surface area (Å²) in [6, 6.07) is 16.1. The summed E-state index contributed by atoms with van der Waals surface area (Å²) in [5.41, 5.74) is 4.08. The third-order valence-corrected chi connectivity index (χ3v) is 7.35. The van der Waals surface area contributed by atoms with Crippen LogP contribution < -0.4 is 10.1 Å². The molecule has 2 aromatic carbocycles. The molecule has 2 saturated carbocycles. The molecule has 1 atom stereocenters. The summed E-state index contributed by atoms with van der Waals surface area (Å²) in [5, 5.41) is 13.8. The molecule has 2 fully saturated rings. The average molecular weight is 508 g/mol. The molecule has 5 rings (SSSR count). The second-order valence-electron chi connectivity index (χ2n) is 9.23. The van der Waals surface area contributed by atoms with E-state index in [-0.39, 0.29) is 12.0 Å². The van der Waals surface area contributed by atoms with Crippen LogP contribution in [0.4, 0.5) is 10.5 Å². The molecule has 1 heterocycles. The lowest BCUT2D eigenvalue weighted by molar-refractivity contribution is -0.160. The summed E-state index contributed by atoms with van der Waals surface area (Å²) in [6.07, 6.45) is 5.02. The van der Waals surface area contributed by atoms with E-state index in [9.17, 15) is 10.1 Å². The first-order valence-electron chi connectivity index (χ1n) is 12.2. The van der Waals surface area contributed by atoms with Gasteiger partial charge < -0.3 is 14.0 Å². The largest absolute Gasteiger partial charge is 0.480 e. The Morgan fingerprint density at radius 1 is 1.19 bits per heavy atom. The van der Waals surface area contributed by atoms with Gasteiger partial charge in [0.2, 0.25) is 0 Å². The molecule has 3 aromatic rings. The van der Waals surface area contributed by atoms with Gasteiger partial charge in [-0.05, 0) is 74.8 Å². The van der Waals surface area contributed by atoms with Gasteiger partial charge in [0.25, 0.3) is 0 Å². The Kier molecular flexibility index (Phi) is 7.37. The number of ether oxygens (including phenoxy) is 2. The third-order valence-electron chi connectivity index (χ3n) is 6.90. The maximum Gasteiger partial charge on any atom is 0.411 e. The maximum atomic E-state index is 12.3. The lowest BCUT2D eigenvalue weighted by Crippen LogP contribution is -2.21. The molecular formula is C27H29N3O5S. The molecule has 36 heavy (non-hydrogen) atoms. The number of amides is 1. The van der Waals surface area contributed by atoms with Crippen molar-refractivity contribution in [2.75, 3.05) is 18.4 Å². The highest BCUT2D eigenvalue weighted by molar-refractivity contribution is 7.94. The molecule has 1 N–H and O–H groups in total. The Hall–Kier alpha value is -3.19. The van der Waals surface area contributed by atoms with Crippen LogP contribution in [0.15, 0.2) is 42.5 Å². The zero-order chi connectivity index (χ0) is 25.1. The van der Waals surface area contributed by atoms with Gasteiger partial charge in [0.15, 0.2) is 5.94 Å². The topological polar surface area (TPSA) is 94.7 Å². The SMILES string of the molecule is COOSCOc1ccc2c(C#N)c(-c3ccc(NC(=O)O[C@H](C)C4CC4)cc3)n(C3CCC3)c2c1. The minimum atomic E-state index is -0.440. The fourth-order valence-corrected chi connectivity index (χ4v) is 4.97. The number of aromatic nitrogens is 1. The highest BCUT2D eigenvalue weighted by Gasteiger charge is 2.31. The normalized spacial score (nSPS) is 16.2. The van der Waals surface area contributed by atoms with E-state index in [4.69, 9.17) is 13.8 Å². The van der Waals surface area contributed by atoms with Gasteiger partial charge in [0, 0.05) is 23.2 Å². The molecule has 1 aromatic heterocycles. The van der Waals surface area contributed by atoms with E-state index < -0.39 is 6.09 Å². The number of rotatable bonds is 10. The van der Waals surface area contributed by atoms with Crippen LogP contribution in [0.5, 0.6) is 5.75 Å². The van der Waals surface area contributed by atoms with Gasteiger partial charge in [0.05, 0.1) is 35.9 Å². The van der Waals surface area contributed by atoms with E-state index in [2.05, 4.69) is 20.8 Å². The van der Waals surface area contributed by atoms with Crippen LogP contribution in [0.1, 0.15) is 50.6 Å². The predicted molar refractivity (Wildman–Crippen MR) is 138 cm³/mol.